The van der Waals surface area contributed by atoms with Crippen LogP contribution in [0.3, 0.4) is 0 Å². The summed E-state index contributed by atoms with van der Waals surface area (Å²) < 4.78 is 5.32. The van der Waals surface area contributed by atoms with Crippen LogP contribution in [0.15, 0.2) is 12.4 Å². The molecule has 92 valence electrons. The monoisotopic (exact) mass is 236 g/mol. The van der Waals surface area contributed by atoms with Crippen molar-refractivity contribution < 1.29 is 9.53 Å². The smallest absolute Gasteiger partial charge is 0.242 e. The van der Waals surface area contributed by atoms with Crippen LogP contribution in [-0.4, -0.2) is 41.6 Å². The largest absolute Gasteiger partial charge is 0.478 e. The molecule has 2 rings (SSSR count). The lowest BCUT2D eigenvalue weighted by atomic mass is 10.2. The Balaban J connectivity index is 2.20. The molecule has 1 N–H and O–H groups in total. The Morgan fingerprint density at radius 2 is 2.41 bits per heavy atom. The molecule has 0 spiro atoms. The van der Waals surface area contributed by atoms with Gasteiger partial charge in [-0.1, -0.05) is 0 Å². The van der Waals surface area contributed by atoms with Crippen LogP contribution in [0.2, 0.25) is 0 Å². The molecule has 0 aromatic carbocycles. The summed E-state index contributed by atoms with van der Waals surface area (Å²) in [7, 11) is 0. The zero-order chi connectivity index (χ0) is 12.3. The molecular weight excluding hydrogens is 220 g/mol. The van der Waals surface area contributed by atoms with Crippen LogP contribution in [0.4, 0.5) is 5.82 Å². The molecule has 1 aliphatic rings. The van der Waals surface area contributed by atoms with Gasteiger partial charge in [-0.2, -0.15) is 0 Å². The molecule has 1 aromatic heterocycles. The van der Waals surface area contributed by atoms with Gasteiger partial charge in [0.1, 0.15) is 18.2 Å². The van der Waals surface area contributed by atoms with Gasteiger partial charge in [0.2, 0.25) is 11.8 Å². The first-order valence-electron chi connectivity index (χ1n) is 5.71. The molecule has 1 saturated heterocycles. The first-order valence-corrected chi connectivity index (χ1v) is 5.71. The van der Waals surface area contributed by atoms with Gasteiger partial charge in [-0.25, -0.2) is 9.97 Å². The van der Waals surface area contributed by atoms with E-state index in [0.717, 1.165) is 12.4 Å². The number of nitrogens with one attached hydrogen (secondary N) is 1. The maximum Gasteiger partial charge on any atom is 0.242 e. The molecule has 1 atom stereocenters. The second kappa shape index (κ2) is 4.99. The van der Waals surface area contributed by atoms with Gasteiger partial charge in [-0.3, -0.25) is 4.79 Å². The van der Waals surface area contributed by atoms with Crippen LogP contribution in [0.1, 0.15) is 13.8 Å². The lowest BCUT2D eigenvalue weighted by Gasteiger charge is -2.33. The summed E-state index contributed by atoms with van der Waals surface area (Å²) in [5.41, 5.74) is 0. The quantitative estimate of drug-likeness (QED) is 0.812. The lowest BCUT2D eigenvalue weighted by molar-refractivity contribution is -0.122. The Morgan fingerprint density at radius 1 is 1.59 bits per heavy atom. The fourth-order valence-corrected chi connectivity index (χ4v) is 1.81. The molecule has 0 radical (unpaired) electrons. The molecule has 0 aliphatic carbocycles. The van der Waals surface area contributed by atoms with E-state index in [-0.39, 0.29) is 11.9 Å². The number of piperazine rings is 1. The topological polar surface area (TPSA) is 67.3 Å². The number of carbonyl (C=O) groups excluding carboxylic acids is 1. The number of ether oxygens (including phenoxy) is 1. The van der Waals surface area contributed by atoms with Crippen molar-refractivity contribution in [1.82, 2.24) is 15.3 Å². The van der Waals surface area contributed by atoms with Crippen molar-refractivity contribution in [3.8, 4) is 5.88 Å². The standard InChI is InChI=1S/C11H16N4O2/c1-3-17-10-6-9(13-7-14-10)15-5-4-12-11(16)8(15)2/h6-8H,3-5H2,1-2H3,(H,12,16). The number of anilines is 1. The molecule has 1 unspecified atom stereocenters. The molecule has 1 aliphatic heterocycles. The van der Waals surface area contributed by atoms with Gasteiger partial charge in [0.25, 0.3) is 0 Å². The Morgan fingerprint density at radius 3 is 3.18 bits per heavy atom. The first-order chi connectivity index (χ1) is 8.22. The number of carbonyl (C=O) groups is 1. The molecule has 17 heavy (non-hydrogen) atoms. The summed E-state index contributed by atoms with van der Waals surface area (Å²) >= 11 is 0. The van der Waals surface area contributed by atoms with Crippen molar-refractivity contribution in [1.29, 1.82) is 0 Å². The highest BCUT2D eigenvalue weighted by Crippen LogP contribution is 2.19. The van der Waals surface area contributed by atoms with Crippen LogP contribution in [0, 0.1) is 0 Å². The first kappa shape index (κ1) is 11.6. The Bertz CT molecular complexity index is 410. The summed E-state index contributed by atoms with van der Waals surface area (Å²) in [4.78, 5) is 21.7. The molecule has 0 bridgehead atoms. The molecule has 6 heteroatoms. The van der Waals surface area contributed by atoms with Gasteiger partial charge >= 0.3 is 0 Å². The van der Waals surface area contributed by atoms with E-state index >= 15 is 0 Å². The number of rotatable bonds is 3. The van der Waals surface area contributed by atoms with E-state index < -0.39 is 0 Å². The Labute approximate surface area is 100 Å². The highest BCUT2D eigenvalue weighted by Gasteiger charge is 2.26. The van der Waals surface area contributed by atoms with Crippen molar-refractivity contribution in [2.24, 2.45) is 0 Å². The van der Waals surface area contributed by atoms with Crippen molar-refractivity contribution >= 4 is 11.7 Å². The van der Waals surface area contributed by atoms with Crippen LogP contribution in [-0.2, 0) is 4.79 Å². The molecule has 2 heterocycles. The van der Waals surface area contributed by atoms with Gasteiger partial charge in [0.15, 0.2) is 0 Å². The summed E-state index contributed by atoms with van der Waals surface area (Å²) in [5.74, 6) is 1.29. The predicted octanol–water partition coefficient (Wildman–Crippen LogP) is 0.200. The average Bonchev–Trinajstić information content (AvgIpc) is 2.33. The van der Waals surface area contributed by atoms with Crippen molar-refractivity contribution in [2.75, 3.05) is 24.6 Å². The van der Waals surface area contributed by atoms with Crippen LogP contribution in [0.25, 0.3) is 0 Å². The summed E-state index contributed by atoms with van der Waals surface area (Å²) in [6, 6.07) is 1.55. The zero-order valence-electron chi connectivity index (χ0n) is 10.0. The van der Waals surface area contributed by atoms with Crippen LogP contribution < -0.4 is 15.0 Å². The molecular formula is C11H16N4O2. The van der Waals surface area contributed by atoms with E-state index in [1.807, 2.05) is 18.7 Å². The van der Waals surface area contributed by atoms with E-state index in [0.29, 0.717) is 19.0 Å². The predicted molar refractivity (Wildman–Crippen MR) is 63.0 cm³/mol. The summed E-state index contributed by atoms with van der Waals surface area (Å²) in [6.07, 6.45) is 1.46. The minimum atomic E-state index is -0.215. The minimum absolute atomic E-state index is 0.0211. The SMILES string of the molecule is CCOc1cc(N2CCNC(=O)C2C)ncn1. The Hall–Kier alpha value is -1.85. The third kappa shape index (κ3) is 2.46. The van der Waals surface area contributed by atoms with Gasteiger partial charge in [0, 0.05) is 19.2 Å². The van der Waals surface area contributed by atoms with E-state index in [1.54, 1.807) is 6.07 Å². The number of nitrogens with zero attached hydrogens (tertiary/aromatic N) is 3. The molecule has 1 aromatic rings. The summed E-state index contributed by atoms with van der Waals surface area (Å²) in [6.45, 7) is 5.70. The Kier molecular flexibility index (Phi) is 3.41. The number of hydrogen-bond acceptors (Lipinski definition) is 5. The molecule has 1 fully saturated rings. The second-order valence-corrected chi connectivity index (χ2v) is 3.81. The third-order valence-corrected chi connectivity index (χ3v) is 2.71. The van der Waals surface area contributed by atoms with Gasteiger partial charge < -0.3 is 15.0 Å². The van der Waals surface area contributed by atoms with E-state index in [1.165, 1.54) is 6.33 Å². The zero-order valence-corrected chi connectivity index (χ0v) is 10.0. The number of aromatic nitrogens is 2. The fraction of sp³-hybridized carbons (Fsp3) is 0.545. The fourth-order valence-electron chi connectivity index (χ4n) is 1.81. The average molecular weight is 236 g/mol. The maximum absolute atomic E-state index is 11.6. The minimum Gasteiger partial charge on any atom is -0.478 e. The van der Waals surface area contributed by atoms with Gasteiger partial charge in [0.05, 0.1) is 6.61 Å². The van der Waals surface area contributed by atoms with E-state index in [9.17, 15) is 4.79 Å². The highest BCUT2D eigenvalue weighted by molar-refractivity contribution is 5.85. The molecule has 0 saturated carbocycles. The van der Waals surface area contributed by atoms with Crippen LogP contribution >= 0.6 is 0 Å². The van der Waals surface area contributed by atoms with Crippen molar-refractivity contribution in [3.05, 3.63) is 12.4 Å². The van der Waals surface area contributed by atoms with E-state index in [2.05, 4.69) is 15.3 Å². The number of amides is 1. The highest BCUT2D eigenvalue weighted by atomic mass is 16.5. The summed E-state index contributed by atoms with van der Waals surface area (Å²) in [5, 5.41) is 2.82. The van der Waals surface area contributed by atoms with Crippen molar-refractivity contribution in [2.45, 2.75) is 19.9 Å². The maximum atomic E-state index is 11.6. The number of hydrogen-bond donors (Lipinski definition) is 1. The molecule has 1 amide bonds. The normalized spacial score (nSPS) is 20.0. The van der Waals surface area contributed by atoms with Crippen molar-refractivity contribution in [3.63, 3.8) is 0 Å². The third-order valence-electron chi connectivity index (χ3n) is 2.71. The molecule has 6 nitrogen and oxygen atoms in total. The van der Waals surface area contributed by atoms with Gasteiger partial charge in [-0.05, 0) is 13.8 Å². The van der Waals surface area contributed by atoms with Crippen LogP contribution in [0.5, 0.6) is 5.88 Å². The lowest BCUT2D eigenvalue weighted by Crippen LogP contribution is -2.54. The van der Waals surface area contributed by atoms with Gasteiger partial charge in [-0.15, -0.1) is 0 Å². The van der Waals surface area contributed by atoms with E-state index in [4.69, 9.17) is 4.74 Å². The second-order valence-electron chi connectivity index (χ2n) is 3.81.